The highest BCUT2D eigenvalue weighted by atomic mass is 35.5. The van der Waals surface area contributed by atoms with Crippen molar-refractivity contribution in [2.75, 3.05) is 29.9 Å². The third kappa shape index (κ3) is 5.01. The fraction of sp³-hybridized carbons (Fsp3) is 0.375. The number of pyridine rings is 1. The molecule has 2 N–H and O–H groups in total. The van der Waals surface area contributed by atoms with Crippen molar-refractivity contribution in [2.24, 2.45) is 0 Å². The van der Waals surface area contributed by atoms with Crippen molar-refractivity contribution in [2.45, 2.75) is 38.6 Å². The summed E-state index contributed by atoms with van der Waals surface area (Å²) in [4.78, 5) is 7.34. The summed E-state index contributed by atoms with van der Waals surface area (Å²) in [5.41, 5.74) is 3.27. The van der Waals surface area contributed by atoms with E-state index in [1.165, 1.54) is 36.8 Å². The van der Waals surface area contributed by atoms with Gasteiger partial charge in [-0.1, -0.05) is 43.1 Å². The number of piperidine rings is 1. The second kappa shape index (κ2) is 9.47. The van der Waals surface area contributed by atoms with Crippen LogP contribution in [0.4, 0.5) is 17.2 Å². The highest BCUT2D eigenvalue weighted by Gasteiger charge is 2.21. The maximum atomic E-state index is 6.02. The fourth-order valence-electron chi connectivity index (χ4n) is 3.97. The molecular formula is C24H29ClN4. The zero-order chi connectivity index (χ0) is 20.1. The minimum Gasteiger partial charge on any atom is -0.371 e. The van der Waals surface area contributed by atoms with Crippen LogP contribution in [-0.2, 0) is 0 Å². The second-order valence-electron chi connectivity index (χ2n) is 7.74. The molecule has 5 heteroatoms. The molecule has 4 rings (SSSR count). The number of rotatable bonds is 7. The van der Waals surface area contributed by atoms with Gasteiger partial charge < -0.3 is 15.5 Å². The fourth-order valence-corrected chi connectivity index (χ4v) is 4.10. The molecule has 152 valence electrons. The lowest BCUT2D eigenvalue weighted by Gasteiger charge is -2.35. The molecule has 0 unspecified atom stereocenters. The smallest absolute Gasteiger partial charge is 0.133 e. The quantitative estimate of drug-likeness (QED) is 0.471. The number of benzene rings is 2. The molecule has 1 aromatic heterocycles. The number of hydrogen-bond acceptors (Lipinski definition) is 4. The molecule has 4 nitrogen and oxygen atoms in total. The Kier molecular flexibility index (Phi) is 6.53. The van der Waals surface area contributed by atoms with Gasteiger partial charge in [-0.3, -0.25) is 0 Å². The predicted octanol–water partition coefficient (Wildman–Crippen LogP) is 5.99. The van der Waals surface area contributed by atoms with Crippen LogP contribution < -0.4 is 15.5 Å². The summed E-state index contributed by atoms with van der Waals surface area (Å²) in [6, 6.07) is 19.0. The largest absolute Gasteiger partial charge is 0.371 e. The number of aromatic nitrogens is 1. The maximum absolute atomic E-state index is 6.02. The summed E-state index contributed by atoms with van der Waals surface area (Å²) in [6.07, 6.45) is 4.87. The molecule has 0 bridgehead atoms. The third-order valence-electron chi connectivity index (χ3n) is 5.61. The van der Waals surface area contributed by atoms with Crippen molar-refractivity contribution in [1.29, 1.82) is 0 Å². The van der Waals surface area contributed by atoms with E-state index in [9.17, 15) is 0 Å². The Labute approximate surface area is 178 Å². The first-order chi connectivity index (χ1) is 14.2. The van der Waals surface area contributed by atoms with E-state index in [4.69, 9.17) is 16.6 Å². The summed E-state index contributed by atoms with van der Waals surface area (Å²) in [5.74, 6) is 0.865. The first-order valence-electron chi connectivity index (χ1n) is 10.6. The van der Waals surface area contributed by atoms with Crippen LogP contribution >= 0.6 is 11.6 Å². The van der Waals surface area contributed by atoms with E-state index in [0.717, 1.165) is 41.7 Å². The SMILES string of the molecule is CCCCNC1CCN(c2cc(Nc3ccc(Cl)cc3)nc3ccccc23)CC1. The molecule has 29 heavy (non-hydrogen) atoms. The van der Waals surface area contributed by atoms with Crippen LogP contribution in [0, 0.1) is 0 Å². The van der Waals surface area contributed by atoms with Gasteiger partial charge in [0.15, 0.2) is 0 Å². The van der Waals surface area contributed by atoms with Gasteiger partial charge in [0.1, 0.15) is 5.82 Å². The molecule has 0 aliphatic carbocycles. The lowest BCUT2D eigenvalue weighted by molar-refractivity contribution is 0.412. The van der Waals surface area contributed by atoms with Crippen molar-refractivity contribution in [3.8, 4) is 0 Å². The van der Waals surface area contributed by atoms with E-state index >= 15 is 0 Å². The van der Waals surface area contributed by atoms with Gasteiger partial charge in [-0.05, 0) is 56.1 Å². The Morgan fingerprint density at radius 1 is 1.07 bits per heavy atom. The molecule has 2 aromatic carbocycles. The summed E-state index contributed by atoms with van der Waals surface area (Å²) >= 11 is 6.02. The van der Waals surface area contributed by atoms with E-state index < -0.39 is 0 Å². The van der Waals surface area contributed by atoms with Gasteiger partial charge in [0.05, 0.1) is 5.52 Å². The molecule has 0 amide bonds. The Bertz CT molecular complexity index is 933. The van der Waals surface area contributed by atoms with Gasteiger partial charge in [-0.25, -0.2) is 4.98 Å². The van der Waals surface area contributed by atoms with Crippen molar-refractivity contribution < 1.29 is 0 Å². The van der Waals surface area contributed by atoms with E-state index in [1.807, 2.05) is 24.3 Å². The molecule has 1 aliphatic heterocycles. The van der Waals surface area contributed by atoms with Crippen molar-refractivity contribution >= 4 is 39.7 Å². The topological polar surface area (TPSA) is 40.2 Å². The summed E-state index contributed by atoms with van der Waals surface area (Å²) in [6.45, 7) is 5.51. The number of nitrogens with one attached hydrogen (secondary N) is 2. The average molecular weight is 409 g/mol. The van der Waals surface area contributed by atoms with Crippen molar-refractivity contribution in [1.82, 2.24) is 10.3 Å². The van der Waals surface area contributed by atoms with Crippen LogP contribution in [0.2, 0.25) is 5.02 Å². The first-order valence-corrected chi connectivity index (χ1v) is 11.0. The van der Waals surface area contributed by atoms with Crippen LogP contribution in [0.25, 0.3) is 10.9 Å². The summed E-state index contributed by atoms with van der Waals surface area (Å²) in [5, 5.41) is 9.10. The number of unbranched alkanes of at least 4 members (excludes halogenated alkanes) is 1. The molecule has 3 aromatic rings. The van der Waals surface area contributed by atoms with E-state index in [0.29, 0.717) is 6.04 Å². The number of para-hydroxylation sites is 1. The van der Waals surface area contributed by atoms with E-state index in [-0.39, 0.29) is 0 Å². The van der Waals surface area contributed by atoms with Gasteiger partial charge in [0.2, 0.25) is 0 Å². The number of anilines is 3. The Morgan fingerprint density at radius 3 is 2.59 bits per heavy atom. The van der Waals surface area contributed by atoms with Gasteiger partial charge >= 0.3 is 0 Å². The zero-order valence-corrected chi connectivity index (χ0v) is 17.8. The second-order valence-corrected chi connectivity index (χ2v) is 8.18. The van der Waals surface area contributed by atoms with Crippen molar-refractivity contribution in [3.05, 3.63) is 59.6 Å². The van der Waals surface area contributed by atoms with Crippen LogP contribution in [0.3, 0.4) is 0 Å². The Hall–Kier alpha value is -2.30. The highest BCUT2D eigenvalue weighted by Crippen LogP contribution is 2.32. The van der Waals surface area contributed by atoms with Gasteiger partial charge in [0.25, 0.3) is 0 Å². The van der Waals surface area contributed by atoms with Gasteiger partial charge in [-0.2, -0.15) is 0 Å². The molecule has 0 atom stereocenters. The van der Waals surface area contributed by atoms with E-state index in [2.05, 4.69) is 52.8 Å². The van der Waals surface area contributed by atoms with Crippen molar-refractivity contribution in [3.63, 3.8) is 0 Å². The number of hydrogen-bond donors (Lipinski definition) is 2. The van der Waals surface area contributed by atoms with Gasteiger partial charge in [-0.15, -0.1) is 0 Å². The van der Waals surface area contributed by atoms with Crippen LogP contribution in [0.5, 0.6) is 0 Å². The lowest BCUT2D eigenvalue weighted by atomic mass is 10.0. The maximum Gasteiger partial charge on any atom is 0.133 e. The first kappa shape index (κ1) is 20.0. The Balaban J connectivity index is 1.54. The van der Waals surface area contributed by atoms with Gasteiger partial charge in [0, 0.05) is 47.0 Å². The molecule has 1 aliphatic rings. The number of nitrogens with zero attached hydrogens (tertiary/aromatic N) is 2. The average Bonchev–Trinajstić information content (AvgIpc) is 2.75. The Morgan fingerprint density at radius 2 is 1.83 bits per heavy atom. The third-order valence-corrected chi connectivity index (χ3v) is 5.86. The zero-order valence-electron chi connectivity index (χ0n) is 17.0. The molecule has 1 fully saturated rings. The van der Waals surface area contributed by atoms with Crippen LogP contribution in [0.1, 0.15) is 32.6 Å². The molecule has 2 heterocycles. The van der Waals surface area contributed by atoms with Crippen LogP contribution in [0.15, 0.2) is 54.6 Å². The lowest BCUT2D eigenvalue weighted by Crippen LogP contribution is -2.42. The highest BCUT2D eigenvalue weighted by molar-refractivity contribution is 6.30. The minimum atomic E-state index is 0.637. The normalized spacial score (nSPS) is 15.0. The standard InChI is InChI=1S/C24H29ClN4/c1-2-3-14-26-19-12-15-29(16-13-19)23-17-24(27-20-10-8-18(25)9-11-20)28-22-7-5-4-6-21(22)23/h4-11,17,19,26H,2-3,12-16H2,1H3,(H,27,28). The van der Waals surface area contributed by atoms with Crippen LogP contribution in [-0.4, -0.2) is 30.7 Å². The molecule has 1 saturated heterocycles. The monoisotopic (exact) mass is 408 g/mol. The molecular weight excluding hydrogens is 380 g/mol. The minimum absolute atomic E-state index is 0.637. The number of halogens is 1. The summed E-state index contributed by atoms with van der Waals surface area (Å²) < 4.78 is 0. The molecule has 0 saturated carbocycles. The molecule has 0 radical (unpaired) electrons. The summed E-state index contributed by atoms with van der Waals surface area (Å²) in [7, 11) is 0. The number of fused-ring (bicyclic) bond motifs is 1. The predicted molar refractivity (Wildman–Crippen MR) is 125 cm³/mol. The molecule has 0 spiro atoms. The van der Waals surface area contributed by atoms with E-state index in [1.54, 1.807) is 0 Å².